The molecule has 0 aliphatic rings. The molecule has 3 heteroatoms. The summed E-state index contributed by atoms with van der Waals surface area (Å²) >= 11 is 0. The van der Waals surface area contributed by atoms with Gasteiger partial charge in [0.15, 0.2) is 0 Å². The van der Waals surface area contributed by atoms with E-state index in [0.717, 1.165) is 19.4 Å². The molecule has 0 aromatic heterocycles. The number of esters is 1. The van der Waals surface area contributed by atoms with Crippen molar-refractivity contribution in [3.8, 4) is 0 Å². The molecule has 0 radical (unpaired) electrons. The van der Waals surface area contributed by atoms with E-state index >= 15 is 0 Å². The monoisotopic (exact) mass is 202 g/mol. The van der Waals surface area contributed by atoms with Crippen molar-refractivity contribution >= 4 is 5.97 Å². The first kappa shape index (κ1) is 13.4. The minimum Gasteiger partial charge on any atom is -0.460 e. The third kappa shape index (κ3) is 9.52. The minimum absolute atomic E-state index is 0.186. The van der Waals surface area contributed by atoms with E-state index in [-0.39, 0.29) is 11.6 Å². The number of carbonyl (C=O) groups excluding carboxylic acids is 1. The van der Waals surface area contributed by atoms with Crippen molar-refractivity contribution in [2.24, 2.45) is 0 Å². The van der Waals surface area contributed by atoms with Crippen molar-refractivity contribution < 1.29 is 14.3 Å². The number of carbonyl (C=O) groups is 1. The Hall–Kier alpha value is -0.570. The van der Waals surface area contributed by atoms with Crippen LogP contribution in [0.2, 0.25) is 0 Å². The first-order valence-corrected chi connectivity index (χ1v) is 5.25. The van der Waals surface area contributed by atoms with Crippen LogP contribution in [0.1, 0.15) is 47.0 Å². The van der Waals surface area contributed by atoms with Gasteiger partial charge < -0.3 is 9.47 Å². The highest BCUT2D eigenvalue weighted by molar-refractivity contribution is 5.69. The van der Waals surface area contributed by atoms with Gasteiger partial charge in [-0.15, -0.1) is 0 Å². The van der Waals surface area contributed by atoms with E-state index in [0.29, 0.717) is 13.0 Å². The lowest BCUT2D eigenvalue weighted by molar-refractivity contribution is -0.156. The van der Waals surface area contributed by atoms with Gasteiger partial charge in [0.2, 0.25) is 0 Å². The molecule has 14 heavy (non-hydrogen) atoms. The lowest BCUT2D eigenvalue weighted by Crippen LogP contribution is -2.24. The summed E-state index contributed by atoms with van der Waals surface area (Å²) in [5, 5.41) is 0. The van der Waals surface area contributed by atoms with Crippen LogP contribution in [0.25, 0.3) is 0 Å². The average molecular weight is 202 g/mol. The highest BCUT2D eigenvalue weighted by Gasteiger charge is 2.15. The number of hydrogen-bond acceptors (Lipinski definition) is 3. The van der Waals surface area contributed by atoms with E-state index in [1.165, 1.54) is 0 Å². The fourth-order valence-corrected chi connectivity index (χ4v) is 0.897. The summed E-state index contributed by atoms with van der Waals surface area (Å²) < 4.78 is 10.4. The van der Waals surface area contributed by atoms with Crippen LogP contribution in [-0.4, -0.2) is 24.8 Å². The van der Waals surface area contributed by atoms with Crippen LogP contribution in [0.3, 0.4) is 0 Å². The Morgan fingerprint density at radius 3 is 2.36 bits per heavy atom. The van der Waals surface area contributed by atoms with E-state index < -0.39 is 0 Å². The molecule has 0 bridgehead atoms. The molecule has 0 saturated carbocycles. The Balaban J connectivity index is 3.36. The fraction of sp³-hybridized carbons (Fsp3) is 0.909. The van der Waals surface area contributed by atoms with E-state index in [1.54, 1.807) is 0 Å². The van der Waals surface area contributed by atoms with E-state index in [2.05, 4.69) is 6.92 Å². The lowest BCUT2D eigenvalue weighted by atomic mass is 10.2. The topological polar surface area (TPSA) is 35.5 Å². The first-order chi connectivity index (χ1) is 6.45. The second-order valence-electron chi connectivity index (χ2n) is 4.30. The average Bonchev–Trinajstić information content (AvgIpc) is 2.00. The number of rotatable bonds is 6. The van der Waals surface area contributed by atoms with Gasteiger partial charge >= 0.3 is 5.97 Å². The number of ether oxygens (including phenoxy) is 2. The quantitative estimate of drug-likeness (QED) is 0.490. The summed E-state index contributed by atoms with van der Waals surface area (Å²) in [5.74, 6) is -0.186. The Bertz CT molecular complexity index is 158. The molecule has 0 fully saturated rings. The van der Waals surface area contributed by atoms with E-state index in [1.807, 2.05) is 20.8 Å². The van der Waals surface area contributed by atoms with Crippen molar-refractivity contribution in [2.75, 3.05) is 13.2 Å². The second kappa shape index (κ2) is 6.82. The molecule has 84 valence electrons. The number of unbranched alkanes of at least 4 members (excludes halogenated alkanes) is 1. The smallest absolute Gasteiger partial charge is 0.308 e. The van der Waals surface area contributed by atoms with Crippen molar-refractivity contribution in [3.63, 3.8) is 0 Å². The van der Waals surface area contributed by atoms with Gasteiger partial charge in [0, 0.05) is 6.61 Å². The molecule has 0 N–H and O–H groups in total. The Morgan fingerprint density at radius 1 is 1.21 bits per heavy atom. The van der Waals surface area contributed by atoms with Crippen LogP contribution in [0.5, 0.6) is 0 Å². The van der Waals surface area contributed by atoms with Gasteiger partial charge in [0.25, 0.3) is 0 Å². The highest BCUT2D eigenvalue weighted by atomic mass is 16.6. The van der Waals surface area contributed by atoms with Crippen LogP contribution >= 0.6 is 0 Å². The van der Waals surface area contributed by atoms with Crippen LogP contribution in [0, 0.1) is 0 Å². The molecule has 0 aliphatic carbocycles. The standard InChI is InChI=1S/C11H22O3/c1-5-6-8-13-9-7-10(12)14-11(2,3)4/h5-9H2,1-4H3. The molecule has 0 atom stereocenters. The second-order valence-corrected chi connectivity index (χ2v) is 4.30. The minimum atomic E-state index is -0.388. The van der Waals surface area contributed by atoms with Gasteiger partial charge in [-0.05, 0) is 27.2 Å². The molecule has 0 aliphatic heterocycles. The van der Waals surface area contributed by atoms with Crippen LogP contribution in [0.4, 0.5) is 0 Å². The zero-order chi connectivity index (χ0) is 11.0. The molecular formula is C11H22O3. The van der Waals surface area contributed by atoms with Crippen molar-refractivity contribution in [3.05, 3.63) is 0 Å². The van der Waals surface area contributed by atoms with Gasteiger partial charge in [-0.25, -0.2) is 0 Å². The van der Waals surface area contributed by atoms with Crippen molar-refractivity contribution in [2.45, 2.75) is 52.6 Å². The van der Waals surface area contributed by atoms with Crippen molar-refractivity contribution in [1.82, 2.24) is 0 Å². The Morgan fingerprint density at radius 2 is 1.86 bits per heavy atom. The summed E-state index contributed by atoms with van der Waals surface area (Å²) in [6.45, 7) is 8.90. The summed E-state index contributed by atoms with van der Waals surface area (Å²) in [7, 11) is 0. The SMILES string of the molecule is CCCCOCCC(=O)OC(C)(C)C. The third-order valence-corrected chi connectivity index (χ3v) is 1.51. The Labute approximate surface area is 86.8 Å². The molecule has 0 amide bonds. The van der Waals surface area contributed by atoms with E-state index in [9.17, 15) is 4.79 Å². The molecule has 0 spiro atoms. The largest absolute Gasteiger partial charge is 0.460 e. The van der Waals surface area contributed by atoms with Gasteiger partial charge in [-0.1, -0.05) is 13.3 Å². The van der Waals surface area contributed by atoms with Gasteiger partial charge in [0.1, 0.15) is 5.60 Å². The molecule has 0 aromatic carbocycles. The lowest BCUT2D eigenvalue weighted by Gasteiger charge is -2.19. The Kier molecular flexibility index (Phi) is 6.54. The van der Waals surface area contributed by atoms with Gasteiger partial charge in [-0.2, -0.15) is 0 Å². The summed E-state index contributed by atoms with van der Waals surface area (Å²) in [5.41, 5.74) is -0.388. The summed E-state index contributed by atoms with van der Waals surface area (Å²) in [6.07, 6.45) is 2.52. The predicted octanol–water partition coefficient (Wildman–Crippen LogP) is 2.53. The zero-order valence-corrected chi connectivity index (χ0v) is 9.76. The number of hydrogen-bond donors (Lipinski definition) is 0. The summed E-state index contributed by atoms with van der Waals surface area (Å²) in [4.78, 5) is 11.2. The molecule has 0 heterocycles. The third-order valence-electron chi connectivity index (χ3n) is 1.51. The van der Waals surface area contributed by atoms with Crippen LogP contribution in [0.15, 0.2) is 0 Å². The van der Waals surface area contributed by atoms with Crippen LogP contribution in [-0.2, 0) is 14.3 Å². The van der Waals surface area contributed by atoms with Crippen LogP contribution < -0.4 is 0 Å². The van der Waals surface area contributed by atoms with Gasteiger partial charge in [0.05, 0.1) is 13.0 Å². The molecule has 0 aromatic rings. The molecule has 3 nitrogen and oxygen atoms in total. The summed E-state index contributed by atoms with van der Waals surface area (Å²) in [6, 6.07) is 0. The predicted molar refractivity (Wildman–Crippen MR) is 56.2 cm³/mol. The maximum absolute atomic E-state index is 11.2. The maximum Gasteiger partial charge on any atom is 0.308 e. The molecule has 0 rings (SSSR count). The first-order valence-electron chi connectivity index (χ1n) is 5.25. The maximum atomic E-state index is 11.2. The zero-order valence-electron chi connectivity index (χ0n) is 9.76. The molecule has 0 unspecified atom stereocenters. The van der Waals surface area contributed by atoms with E-state index in [4.69, 9.17) is 9.47 Å². The fourth-order valence-electron chi connectivity index (χ4n) is 0.897. The van der Waals surface area contributed by atoms with Crippen molar-refractivity contribution in [1.29, 1.82) is 0 Å². The molecule has 0 saturated heterocycles. The highest BCUT2D eigenvalue weighted by Crippen LogP contribution is 2.08. The molecular weight excluding hydrogens is 180 g/mol. The van der Waals surface area contributed by atoms with Gasteiger partial charge in [-0.3, -0.25) is 4.79 Å². The normalized spacial score (nSPS) is 11.4.